The van der Waals surface area contributed by atoms with Crippen LogP contribution in [0.4, 0.5) is 0 Å². The molecule has 3 nitrogen and oxygen atoms in total. The topological polar surface area (TPSA) is 35.5 Å². The first kappa shape index (κ1) is 16.1. The molecule has 1 aromatic carbocycles. The van der Waals surface area contributed by atoms with E-state index >= 15 is 0 Å². The standard InChI is InChI=1S/C17H26O3Si/c1-16(2,3)21(5,6)20-14-9-7-13(8-10-14)17(4)11-12-19-15(17)18/h7-10H,11-12H2,1-6H3. The van der Waals surface area contributed by atoms with Gasteiger partial charge in [-0.2, -0.15) is 0 Å². The summed E-state index contributed by atoms with van der Waals surface area (Å²) in [6, 6.07) is 7.95. The van der Waals surface area contributed by atoms with E-state index in [1.807, 2.05) is 31.2 Å². The van der Waals surface area contributed by atoms with E-state index in [0.29, 0.717) is 6.61 Å². The van der Waals surface area contributed by atoms with Gasteiger partial charge in [0.1, 0.15) is 5.75 Å². The highest BCUT2D eigenvalue weighted by Gasteiger charge is 2.42. The number of carbonyl (C=O) groups excluding carboxylic acids is 1. The molecule has 1 heterocycles. The Hall–Kier alpha value is -1.29. The molecule has 1 aromatic rings. The Labute approximate surface area is 128 Å². The van der Waals surface area contributed by atoms with Gasteiger partial charge in [-0.1, -0.05) is 32.9 Å². The number of carbonyl (C=O) groups is 1. The summed E-state index contributed by atoms with van der Waals surface area (Å²) in [4.78, 5) is 11.9. The normalized spacial score (nSPS) is 23.0. The van der Waals surface area contributed by atoms with Crippen molar-refractivity contribution in [1.82, 2.24) is 0 Å². The second-order valence-corrected chi connectivity index (χ2v) is 12.3. The molecule has 0 amide bonds. The Kier molecular flexibility index (Phi) is 3.95. The van der Waals surface area contributed by atoms with Crippen molar-refractivity contribution in [3.8, 4) is 5.75 Å². The van der Waals surface area contributed by atoms with E-state index in [0.717, 1.165) is 17.7 Å². The summed E-state index contributed by atoms with van der Waals surface area (Å²) < 4.78 is 11.4. The van der Waals surface area contributed by atoms with Gasteiger partial charge in [0.2, 0.25) is 8.32 Å². The van der Waals surface area contributed by atoms with Crippen molar-refractivity contribution < 1.29 is 14.0 Å². The molecule has 1 fully saturated rings. The van der Waals surface area contributed by atoms with E-state index in [1.54, 1.807) is 0 Å². The SMILES string of the molecule is CC1(c2ccc(O[Si](C)(C)C(C)(C)C)cc2)CCOC1=O. The van der Waals surface area contributed by atoms with Gasteiger partial charge in [0.05, 0.1) is 12.0 Å². The first-order valence-electron chi connectivity index (χ1n) is 7.53. The van der Waals surface area contributed by atoms with E-state index in [1.165, 1.54) is 0 Å². The monoisotopic (exact) mass is 306 g/mol. The van der Waals surface area contributed by atoms with Crippen molar-refractivity contribution in [2.75, 3.05) is 6.61 Å². The summed E-state index contributed by atoms with van der Waals surface area (Å²) in [5, 5.41) is 0.174. The van der Waals surface area contributed by atoms with Crippen molar-refractivity contribution in [3.05, 3.63) is 29.8 Å². The molecular formula is C17H26O3Si. The summed E-state index contributed by atoms with van der Waals surface area (Å²) in [7, 11) is -1.82. The van der Waals surface area contributed by atoms with E-state index in [2.05, 4.69) is 33.9 Å². The molecule has 0 aromatic heterocycles. The van der Waals surface area contributed by atoms with Crippen LogP contribution < -0.4 is 4.43 Å². The van der Waals surface area contributed by atoms with Crippen LogP contribution in [0.15, 0.2) is 24.3 Å². The van der Waals surface area contributed by atoms with Crippen LogP contribution in [0.2, 0.25) is 18.1 Å². The van der Waals surface area contributed by atoms with Crippen molar-refractivity contribution in [1.29, 1.82) is 0 Å². The molecule has 0 aliphatic carbocycles. The molecule has 0 saturated carbocycles. The molecule has 1 aliphatic rings. The molecule has 0 radical (unpaired) electrons. The fraction of sp³-hybridized carbons (Fsp3) is 0.588. The largest absolute Gasteiger partial charge is 0.544 e. The number of esters is 1. The highest BCUT2D eigenvalue weighted by Crippen LogP contribution is 2.38. The summed E-state index contributed by atoms with van der Waals surface area (Å²) in [5.41, 5.74) is 0.503. The maximum Gasteiger partial charge on any atom is 0.316 e. The first-order valence-corrected chi connectivity index (χ1v) is 10.4. The second kappa shape index (κ2) is 5.16. The fourth-order valence-electron chi connectivity index (χ4n) is 2.21. The molecule has 1 unspecified atom stereocenters. The fourth-order valence-corrected chi connectivity index (χ4v) is 3.24. The van der Waals surface area contributed by atoms with Crippen LogP contribution in [0.1, 0.15) is 39.7 Å². The zero-order valence-electron chi connectivity index (χ0n) is 13.9. The molecule has 21 heavy (non-hydrogen) atoms. The maximum absolute atomic E-state index is 11.9. The average Bonchev–Trinajstić information content (AvgIpc) is 2.70. The average molecular weight is 306 g/mol. The third-order valence-electron chi connectivity index (χ3n) is 4.96. The van der Waals surface area contributed by atoms with Crippen LogP contribution in [-0.2, 0) is 14.9 Å². The number of cyclic esters (lactones) is 1. The van der Waals surface area contributed by atoms with Gasteiger partial charge in [-0.3, -0.25) is 4.79 Å². The van der Waals surface area contributed by atoms with Crippen LogP contribution in [0.25, 0.3) is 0 Å². The molecule has 2 rings (SSSR count). The third-order valence-corrected chi connectivity index (χ3v) is 9.31. The smallest absolute Gasteiger partial charge is 0.316 e. The number of ether oxygens (including phenoxy) is 1. The predicted octanol–water partition coefficient (Wildman–Crippen LogP) is 4.28. The van der Waals surface area contributed by atoms with Crippen LogP contribution in [0, 0.1) is 0 Å². The summed E-state index contributed by atoms with van der Waals surface area (Å²) in [6.07, 6.45) is 0.744. The minimum Gasteiger partial charge on any atom is -0.544 e. The van der Waals surface area contributed by atoms with Crippen LogP contribution in [0.5, 0.6) is 5.75 Å². The van der Waals surface area contributed by atoms with Crippen LogP contribution in [-0.4, -0.2) is 20.9 Å². The lowest BCUT2D eigenvalue weighted by Gasteiger charge is -2.36. The van der Waals surface area contributed by atoms with Crippen molar-refractivity contribution in [2.24, 2.45) is 0 Å². The van der Waals surface area contributed by atoms with Gasteiger partial charge in [0.15, 0.2) is 0 Å². The molecular weight excluding hydrogens is 280 g/mol. The maximum atomic E-state index is 11.9. The second-order valence-electron chi connectivity index (χ2n) is 7.60. The summed E-state index contributed by atoms with van der Waals surface area (Å²) in [5.74, 6) is 0.765. The highest BCUT2D eigenvalue weighted by atomic mass is 28.4. The minimum atomic E-state index is -1.82. The Bertz CT molecular complexity index is 528. The zero-order valence-corrected chi connectivity index (χ0v) is 14.9. The van der Waals surface area contributed by atoms with Crippen molar-refractivity contribution >= 4 is 14.3 Å². The van der Waals surface area contributed by atoms with Gasteiger partial charge in [-0.05, 0) is 42.8 Å². The van der Waals surface area contributed by atoms with Crippen LogP contribution >= 0.6 is 0 Å². The van der Waals surface area contributed by atoms with Gasteiger partial charge < -0.3 is 9.16 Å². The molecule has 0 spiro atoms. The van der Waals surface area contributed by atoms with Gasteiger partial charge in [0.25, 0.3) is 0 Å². The van der Waals surface area contributed by atoms with E-state index in [9.17, 15) is 4.79 Å². The zero-order chi connectivity index (χ0) is 15.9. The van der Waals surface area contributed by atoms with Gasteiger partial charge >= 0.3 is 5.97 Å². The molecule has 0 N–H and O–H groups in total. The van der Waals surface area contributed by atoms with Crippen LogP contribution in [0.3, 0.4) is 0 Å². The predicted molar refractivity (Wildman–Crippen MR) is 87.2 cm³/mol. The van der Waals surface area contributed by atoms with Gasteiger partial charge in [-0.25, -0.2) is 0 Å². The lowest BCUT2D eigenvalue weighted by molar-refractivity contribution is -0.142. The lowest BCUT2D eigenvalue weighted by Crippen LogP contribution is -2.43. The quantitative estimate of drug-likeness (QED) is 0.618. The molecule has 1 aliphatic heterocycles. The van der Waals surface area contributed by atoms with Crippen molar-refractivity contribution in [3.63, 3.8) is 0 Å². The molecule has 1 saturated heterocycles. The Morgan fingerprint density at radius 3 is 2.19 bits per heavy atom. The molecule has 0 bridgehead atoms. The van der Waals surface area contributed by atoms with Gasteiger partial charge in [-0.15, -0.1) is 0 Å². The van der Waals surface area contributed by atoms with Gasteiger partial charge in [0, 0.05) is 6.42 Å². The van der Waals surface area contributed by atoms with E-state index < -0.39 is 13.7 Å². The number of benzene rings is 1. The minimum absolute atomic E-state index is 0.124. The Morgan fingerprint density at radius 2 is 1.76 bits per heavy atom. The summed E-state index contributed by atoms with van der Waals surface area (Å²) in [6.45, 7) is 13.6. The molecule has 1 atom stereocenters. The summed E-state index contributed by atoms with van der Waals surface area (Å²) >= 11 is 0. The third kappa shape index (κ3) is 3.00. The Balaban J connectivity index is 2.19. The first-order chi connectivity index (χ1) is 9.56. The lowest BCUT2D eigenvalue weighted by atomic mass is 9.81. The van der Waals surface area contributed by atoms with E-state index in [-0.39, 0.29) is 11.0 Å². The number of hydrogen-bond acceptors (Lipinski definition) is 3. The molecule has 116 valence electrons. The molecule has 4 heteroatoms. The number of rotatable bonds is 3. The van der Waals surface area contributed by atoms with E-state index in [4.69, 9.17) is 9.16 Å². The number of hydrogen-bond donors (Lipinski definition) is 0. The Morgan fingerprint density at radius 1 is 1.19 bits per heavy atom. The van der Waals surface area contributed by atoms with Crippen molar-refractivity contribution in [2.45, 2.75) is 57.7 Å². The highest BCUT2D eigenvalue weighted by molar-refractivity contribution is 6.74.